The molecule has 0 bridgehead atoms. The average Bonchev–Trinajstić information content (AvgIpc) is 3.02. The third-order valence-electron chi connectivity index (χ3n) is 7.96. The van der Waals surface area contributed by atoms with Gasteiger partial charge in [0.1, 0.15) is 5.82 Å². The number of carbonyl (C=O) groups excluding carboxylic acids is 2. The molecule has 8 nitrogen and oxygen atoms in total. The lowest BCUT2D eigenvalue weighted by molar-refractivity contribution is -0.143. The van der Waals surface area contributed by atoms with Crippen molar-refractivity contribution in [2.75, 3.05) is 52.4 Å². The van der Waals surface area contributed by atoms with Crippen molar-refractivity contribution in [3.05, 3.63) is 93.0 Å². The number of rotatable bonds is 6. The second-order valence-electron chi connectivity index (χ2n) is 11.0. The van der Waals surface area contributed by atoms with Gasteiger partial charge in [0.05, 0.1) is 40.3 Å². The molecule has 1 unspecified atom stereocenters. The maximum Gasteiger partial charge on any atom is 0.416 e. The molecule has 2 amide bonds. The van der Waals surface area contributed by atoms with Crippen molar-refractivity contribution in [1.82, 2.24) is 29.6 Å². The summed E-state index contributed by atoms with van der Waals surface area (Å²) in [6.07, 6.45) is -6.86. The first-order valence-corrected chi connectivity index (χ1v) is 15.0. The second-order valence-corrected chi connectivity index (χ2v) is 11.9. The first-order chi connectivity index (χ1) is 21.7. The summed E-state index contributed by atoms with van der Waals surface area (Å²) >= 11 is 12.3. The Kier molecular flexibility index (Phi) is 10.1. The fourth-order valence-corrected chi connectivity index (χ4v) is 5.84. The molecule has 246 valence electrons. The van der Waals surface area contributed by atoms with Gasteiger partial charge in [0.2, 0.25) is 5.91 Å². The van der Waals surface area contributed by atoms with Gasteiger partial charge in [-0.15, -0.1) is 0 Å². The molecule has 3 aromatic rings. The number of nitrogens with zero attached hydrogens (tertiary/aromatic N) is 6. The molecule has 16 heteroatoms. The van der Waals surface area contributed by atoms with Crippen LogP contribution in [0.4, 0.5) is 26.3 Å². The van der Waals surface area contributed by atoms with E-state index in [0.29, 0.717) is 56.2 Å². The lowest BCUT2D eigenvalue weighted by atomic mass is 9.99. The molecule has 2 aliphatic rings. The van der Waals surface area contributed by atoms with E-state index in [0.717, 1.165) is 4.90 Å². The van der Waals surface area contributed by atoms with E-state index in [2.05, 4.69) is 14.9 Å². The fourth-order valence-electron chi connectivity index (χ4n) is 5.53. The highest BCUT2D eigenvalue weighted by Crippen LogP contribution is 2.37. The molecular weight excluding hydrogens is 661 g/mol. The first-order valence-electron chi connectivity index (χ1n) is 14.2. The number of piperazine rings is 2. The van der Waals surface area contributed by atoms with Crippen LogP contribution in [0.1, 0.15) is 38.9 Å². The minimum absolute atomic E-state index is 0.00805. The summed E-state index contributed by atoms with van der Waals surface area (Å²) in [5.74, 6) is -0.572. The van der Waals surface area contributed by atoms with Gasteiger partial charge < -0.3 is 9.80 Å². The summed E-state index contributed by atoms with van der Waals surface area (Å²) in [6.45, 7) is 2.92. The van der Waals surface area contributed by atoms with E-state index in [1.807, 2.05) is 4.90 Å². The monoisotopic (exact) mass is 688 g/mol. The molecule has 0 saturated carbocycles. The Bertz CT molecular complexity index is 1540. The maximum absolute atomic E-state index is 13.7. The Morgan fingerprint density at radius 2 is 1.39 bits per heavy atom. The SMILES string of the molecule is O=C(c1cc(C(F)(F)F)cc(C(F)(F)F)c1)N1CCN(C(=O)CN2CCN(Cc3ncccn3)CC2)C(c2ccc(Cl)c(Cl)c2)C1. The summed E-state index contributed by atoms with van der Waals surface area (Å²) in [4.78, 5) is 42.5. The highest BCUT2D eigenvalue weighted by molar-refractivity contribution is 6.42. The Morgan fingerprint density at radius 1 is 0.783 bits per heavy atom. The van der Waals surface area contributed by atoms with E-state index >= 15 is 0 Å². The molecule has 0 radical (unpaired) electrons. The zero-order valence-corrected chi connectivity index (χ0v) is 25.7. The number of aromatic nitrogens is 2. The summed E-state index contributed by atoms with van der Waals surface area (Å²) in [5, 5.41) is 0.427. The average molecular weight is 689 g/mol. The number of hydrogen-bond acceptors (Lipinski definition) is 6. The van der Waals surface area contributed by atoms with E-state index in [4.69, 9.17) is 23.2 Å². The van der Waals surface area contributed by atoms with Crippen molar-refractivity contribution in [3.63, 3.8) is 0 Å². The predicted molar refractivity (Wildman–Crippen MR) is 157 cm³/mol. The quantitative estimate of drug-likeness (QED) is 0.311. The van der Waals surface area contributed by atoms with Gasteiger partial charge in [-0.1, -0.05) is 29.3 Å². The Hall–Kier alpha value is -3.46. The molecular formula is C30H28Cl2F6N6O2. The van der Waals surface area contributed by atoms with Crippen LogP contribution in [0.3, 0.4) is 0 Å². The zero-order chi connectivity index (χ0) is 33.2. The number of halogens is 8. The van der Waals surface area contributed by atoms with Gasteiger partial charge in [-0.3, -0.25) is 19.4 Å². The fraction of sp³-hybridized carbons (Fsp3) is 0.400. The van der Waals surface area contributed by atoms with E-state index in [1.54, 1.807) is 29.4 Å². The Morgan fingerprint density at radius 3 is 1.98 bits per heavy atom. The van der Waals surface area contributed by atoms with Gasteiger partial charge in [0.15, 0.2) is 0 Å². The maximum atomic E-state index is 13.7. The van der Waals surface area contributed by atoms with Gasteiger partial charge in [-0.2, -0.15) is 26.3 Å². The van der Waals surface area contributed by atoms with Crippen LogP contribution >= 0.6 is 23.2 Å². The van der Waals surface area contributed by atoms with Crippen LogP contribution in [-0.4, -0.2) is 93.7 Å². The van der Waals surface area contributed by atoms with E-state index in [9.17, 15) is 35.9 Å². The molecule has 46 heavy (non-hydrogen) atoms. The van der Waals surface area contributed by atoms with Crippen LogP contribution in [0.25, 0.3) is 0 Å². The normalized spacial score (nSPS) is 18.6. The molecule has 3 heterocycles. The molecule has 1 aromatic heterocycles. The molecule has 5 rings (SSSR count). The molecule has 2 aliphatic heterocycles. The van der Waals surface area contributed by atoms with Gasteiger partial charge in [0.25, 0.3) is 5.91 Å². The number of carbonyl (C=O) groups is 2. The molecule has 2 fully saturated rings. The molecule has 2 saturated heterocycles. The summed E-state index contributed by atoms with van der Waals surface area (Å²) < 4.78 is 80.9. The molecule has 0 spiro atoms. The predicted octanol–water partition coefficient (Wildman–Crippen LogP) is 5.66. The summed E-state index contributed by atoms with van der Waals surface area (Å²) in [6, 6.07) is 6.40. The van der Waals surface area contributed by atoms with Crippen LogP contribution < -0.4 is 0 Å². The molecule has 1 atom stereocenters. The lowest BCUT2D eigenvalue weighted by Gasteiger charge is -2.43. The first kappa shape index (κ1) is 33.9. The second kappa shape index (κ2) is 13.7. The third kappa shape index (κ3) is 8.08. The number of alkyl halides is 6. The third-order valence-corrected chi connectivity index (χ3v) is 8.70. The highest BCUT2D eigenvalue weighted by Gasteiger charge is 2.39. The van der Waals surface area contributed by atoms with Crippen molar-refractivity contribution < 1.29 is 35.9 Å². The van der Waals surface area contributed by atoms with E-state index in [1.165, 1.54) is 12.1 Å². The van der Waals surface area contributed by atoms with Crippen LogP contribution in [0.15, 0.2) is 54.9 Å². The number of amides is 2. The highest BCUT2D eigenvalue weighted by atomic mass is 35.5. The van der Waals surface area contributed by atoms with Crippen molar-refractivity contribution in [2.24, 2.45) is 0 Å². The summed E-state index contributed by atoms with van der Waals surface area (Å²) in [5.41, 5.74) is -3.42. The van der Waals surface area contributed by atoms with Crippen LogP contribution in [0.5, 0.6) is 0 Å². The van der Waals surface area contributed by atoms with Crippen LogP contribution in [-0.2, 0) is 23.7 Å². The molecule has 0 aliphatic carbocycles. The van der Waals surface area contributed by atoms with Crippen molar-refractivity contribution in [1.29, 1.82) is 0 Å². The summed E-state index contributed by atoms with van der Waals surface area (Å²) in [7, 11) is 0. The van der Waals surface area contributed by atoms with E-state index < -0.39 is 41.0 Å². The largest absolute Gasteiger partial charge is 0.416 e. The van der Waals surface area contributed by atoms with Gasteiger partial charge in [0, 0.05) is 63.8 Å². The minimum Gasteiger partial charge on any atom is -0.334 e. The Balaban J connectivity index is 1.33. The van der Waals surface area contributed by atoms with Crippen LogP contribution in [0.2, 0.25) is 10.0 Å². The van der Waals surface area contributed by atoms with E-state index in [-0.39, 0.29) is 48.2 Å². The minimum atomic E-state index is -5.11. The van der Waals surface area contributed by atoms with Gasteiger partial charge in [-0.05, 0) is 42.0 Å². The van der Waals surface area contributed by atoms with Gasteiger partial charge >= 0.3 is 12.4 Å². The Labute approximate surface area is 270 Å². The molecule has 0 N–H and O–H groups in total. The van der Waals surface area contributed by atoms with Crippen LogP contribution in [0, 0.1) is 0 Å². The van der Waals surface area contributed by atoms with Gasteiger partial charge in [-0.25, -0.2) is 9.97 Å². The zero-order valence-electron chi connectivity index (χ0n) is 24.2. The van der Waals surface area contributed by atoms with Crippen molar-refractivity contribution in [2.45, 2.75) is 24.9 Å². The standard InChI is InChI=1S/C30H28Cl2F6N6O2/c31-23-3-2-19(14-24(23)32)25-16-43(28(46)20-12-21(29(33,34)35)15-22(13-20)30(36,37)38)10-11-44(25)27(45)18-42-8-6-41(7-9-42)17-26-39-4-1-5-40-26/h1-5,12-15,25H,6-11,16-18H2. The van der Waals surface area contributed by atoms with Crippen molar-refractivity contribution >= 4 is 35.0 Å². The molecule has 2 aromatic carbocycles. The number of benzene rings is 2. The smallest absolute Gasteiger partial charge is 0.334 e. The van der Waals surface area contributed by atoms with Crippen molar-refractivity contribution in [3.8, 4) is 0 Å². The lowest BCUT2D eigenvalue weighted by Crippen LogP contribution is -2.55. The topological polar surface area (TPSA) is 72.9 Å². The number of hydrogen-bond donors (Lipinski definition) is 0.